The molecular formula is C20H24FNO. The van der Waals surface area contributed by atoms with Crippen molar-refractivity contribution < 1.29 is 9.50 Å². The van der Waals surface area contributed by atoms with Gasteiger partial charge in [-0.25, -0.2) is 4.39 Å². The van der Waals surface area contributed by atoms with Crippen molar-refractivity contribution in [1.29, 1.82) is 0 Å². The fraction of sp³-hybridized carbons (Fsp3) is 0.400. The van der Waals surface area contributed by atoms with Crippen molar-refractivity contribution in [2.24, 2.45) is 0 Å². The minimum Gasteiger partial charge on any atom is -0.507 e. The predicted molar refractivity (Wildman–Crippen MR) is 92.2 cm³/mol. The molecule has 1 fully saturated rings. The summed E-state index contributed by atoms with van der Waals surface area (Å²) in [6, 6.07) is 10.7. The topological polar surface area (TPSA) is 23.5 Å². The standard InChI is InChI=1S/C20H24FNO/c1-15-17(7-4-8-19(15)21)18-10-9-16(14-20(18)23)6-2-3-11-22-12-5-13-22/h4,7-10,14,23H,2-3,5-6,11-13H2,1H3. The van der Waals surface area contributed by atoms with Gasteiger partial charge in [-0.1, -0.05) is 24.3 Å². The molecule has 1 aliphatic rings. The molecule has 1 saturated heterocycles. The van der Waals surface area contributed by atoms with E-state index in [2.05, 4.69) is 4.90 Å². The second-order valence-electron chi connectivity index (χ2n) is 6.42. The molecule has 0 saturated carbocycles. The molecule has 0 spiro atoms. The summed E-state index contributed by atoms with van der Waals surface area (Å²) in [6.07, 6.45) is 4.65. The Morgan fingerprint density at radius 1 is 1.09 bits per heavy atom. The third-order valence-electron chi connectivity index (χ3n) is 4.76. The first-order valence-corrected chi connectivity index (χ1v) is 8.45. The van der Waals surface area contributed by atoms with Crippen LogP contribution in [-0.2, 0) is 6.42 Å². The fourth-order valence-corrected chi connectivity index (χ4v) is 3.13. The molecule has 2 aromatic carbocycles. The Kier molecular flexibility index (Phi) is 4.97. The van der Waals surface area contributed by atoms with Crippen LogP contribution in [0.15, 0.2) is 36.4 Å². The van der Waals surface area contributed by atoms with Gasteiger partial charge in [-0.15, -0.1) is 0 Å². The smallest absolute Gasteiger partial charge is 0.126 e. The molecule has 1 heterocycles. The van der Waals surface area contributed by atoms with Crippen molar-refractivity contribution in [3.63, 3.8) is 0 Å². The Labute approximate surface area is 137 Å². The van der Waals surface area contributed by atoms with Gasteiger partial charge in [-0.2, -0.15) is 0 Å². The van der Waals surface area contributed by atoms with E-state index in [9.17, 15) is 9.50 Å². The second-order valence-corrected chi connectivity index (χ2v) is 6.42. The molecule has 0 unspecified atom stereocenters. The van der Waals surface area contributed by atoms with Crippen molar-refractivity contribution in [2.75, 3.05) is 19.6 Å². The van der Waals surface area contributed by atoms with Crippen LogP contribution in [-0.4, -0.2) is 29.6 Å². The van der Waals surface area contributed by atoms with E-state index < -0.39 is 0 Å². The first-order chi connectivity index (χ1) is 11.1. The average Bonchev–Trinajstić information content (AvgIpc) is 2.49. The number of phenolic OH excluding ortho intramolecular Hbond substituents is 1. The molecule has 3 rings (SSSR count). The van der Waals surface area contributed by atoms with Gasteiger partial charge in [-0.3, -0.25) is 0 Å². The molecule has 122 valence electrons. The van der Waals surface area contributed by atoms with Crippen LogP contribution in [0.2, 0.25) is 0 Å². The van der Waals surface area contributed by atoms with E-state index in [1.807, 2.05) is 24.3 Å². The molecule has 0 atom stereocenters. The van der Waals surface area contributed by atoms with E-state index >= 15 is 0 Å². The van der Waals surface area contributed by atoms with E-state index in [1.54, 1.807) is 13.0 Å². The zero-order chi connectivity index (χ0) is 16.2. The number of unbranched alkanes of at least 4 members (excludes halogenated alkanes) is 1. The highest BCUT2D eigenvalue weighted by Crippen LogP contribution is 2.33. The number of hydrogen-bond donors (Lipinski definition) is 1. The molecule has 23 heavy (non-hydrogen) atoms. The van der Waals surface area contributed by atoms with Crippen molar-refractivity contribution in [3.8, 4) is 16.9 Å². The maximum Gasteiger partial charge on any atom is 0.126 e. The normalized spacial score (nSPS) is 14.7. The van der Waals surface area contributed by atoms with E-state index in [-0.39, 0.29) is 11.6 Å². The maximum absolute atomic E-state index is 13.7. The van der Waals surface area contributed by atoms with Crippen molar-refractivity contribution in [3.05, 3.63) is 53.3 Å². The van der Waals surface area contributed by atoms with Gasteiger partial charge in [0.1, 0.15) is 11.6 Å². The van der Waals surface area contributed by atoms with E-state index in [0.717, 1.165) is 24.0 Å². The molecular weight excluding hydrogens is 289 g/mol. The van der Waals surface area contributed by atoms with Crippen molar-refractivity contribution in [1.82, 2.24) is 4.90 Å². The van der Waals surface area contributed by atoms with Gasteiger partial charge >= 0.3 is 0 Å². The highest BCUT2D eigenvalue weighted by Gasteiger charge is 2.13. The summed E-state index contributed by atoms with van der Waals surface area (Å²) in [4.78, 5) is 2.48. The van der Waals surface area contributed by atoms with Crippen LogP contribution < -0.4 is 0 Å². The Morgan fingerprint density at radius 3 is 2.61 bits per heavy atom. The number of likely N-dealkylation sites (tertiary alicyclic amines) is 1. The van der Waals surface area contributed by atoms with E-state index in [4.69, 9.17) is 0 Å². The van der Waals surface area contributed by atoms with Gasteiger partial charge in [0.05, 0.1) is 0 Å². The average molecular weight is 313 g/mol. The molecule has 1 aliphatic heterocycles. The molecule has 2 nitrogen and oxygen atoms in total. The van der Waals surface area contributed by atoms with Crippen LogP contribution in [0, 0.1) is 12.7 Å². The lowest BCUT2D eigenvalue weighted by Crippen LogP contribution is -2.37. The molecule has 0 aromatic heterocycles. The lowest BCUT2D eigenvalue weighted by atomic mass is 9.97. The number of aromatic hydroxyl groups is 1. The number of benzene rings is 2. The summed E-state index contributed by atoms with van der Waals surface area (Å²) < 4.78 is 13.7. The van der Waals surface area contributed by atoms with Gasteiger partial charge in [0.25, 0.3) is 0 Å². The van der Waals surface area contributed by atoms with E-state index in [0.29, 0.717) is 11.1 Å². The molecule has 1 N–H and O–H groups in total. The molecule has 0 bridgehead atoms. The summed E-state index contributed by atoms with van der Waals surface area (Å²) in [6.45, 7) is 5.44. The second kappa shape index (κ2) is 7.14. The van der Waals surface area contributed by atoms with Gasteiger partial charge in [0.15, 0.2) is 0 Å². The summed E-state index contributed by atoms with van der Waals surface area (Å²) in [5, 5.41) is 10.3. The molecule has 3 heteroatoms. The molecule has 0 aliphatic carbocycles. The Morgan fingerprint density at radius 2 is 1.91 bits per heavy atom. The minimum absolute atomic E-state index is 0.235. The fourth-order valence-electron chi connectivity index (χ4n) is 3.13. The van der Waals surface area contributed by atoms with Crippen LogP contribution in [0.25, 0.3) is 11.1 Å². The highest BCUT2D eigenvalue weighted by molar-refractivity contribution is 5.73. The summed E-state index contributed by atoms with van der Waals surface area (Å²) in [7, 11) is 0. The van der Waals surface area contributed by atoms with Gasteiger partial charge in [-0.05, 0) is 81.1 Å². The van der Waals surface area contributed by atoms with Gasteiger partial charge in [0.2, 0.25) is 0 Å². The van der Waals surface area contributed by atoms with Gasteiger partial charge < -0.3 is 10.0 Å². The Bertz CT molecular complexity index is 679. The van der Waals surface area contributed by atoms with Crippen LogP contribution in [0.1, 0.15) is 30.4 Å². The van der Waals surface area contributed by atoms with Crippen LogP contribution in [0.5, 0.6) is 5.75 Å². The summed E-state index contributed by atoms with van der Waals surface area (Å²) in [5.41, 5.74) is 3.17. The molecule has 0 radical (unpaired) electrons. The zero-order valence-corrected chi connectivity index (χ0v) is 13.7. The first kappa shape index (κ1) is 16.0. The number of phenols is 1. The lowest BCUT2D eigenvalue weighted by molar-refractivity contribution is 0.178. The van der Waals surface area contributed by atoms with Crippen LogP contribution in [0.3, 0.4) is 0 Å². The zero-order valence-electron chi connectivity index (χ0n) is 13.7. The number of nitrogens with zero attached hydrogens (tertiary/aromatic N) is 1. The third-order valence-corrected chi connectivity index (χ3v) is 4.76. The molecule has 0 amide bonds. The third kappa shape index (κ3) is 3.73. The number of aryl methyl sites for hydroxylation is 1. The number of hydrogen-bond acceptors (Lipinski definition) is 2. The monoisotopic (exact) mass is 313 g/mol. The van der Waals surface area contributed by atoms with Crippen molar-refractivity contribution in [2.45, 2.75) is 32.6 Å². The Balaban J connectivity index is 1.64. The Hall–Kier alpha value is -1.87. The number of halogens is 1. The summed E-state index contributed by atoms with van der Waals surface area (Å²) >= 11 is 0. The largest absolute Gasteiger partial charge is 0.507 e. The van der Waals surface area contributed by atoms with E-state index in [1.165, 1.54) is 38.5 Å². The molecule has 2 aromatic rings. The summed E-state index contributed by atoms with van der Waals surface area (Å²) in [5.74, 6) is -0.00378. The number of rotatable bonds is 6. The minimum atomic E-state index is -0.239. The van der Waals surface area contributed by atoms with Crippen LogP contribution in [0.4, 0.5) is 4.39 Å². The quantitative estimate of drug-likeness (QED) is 0.792. The van der Waals surface area contributed by atoms with Gasteiger partial charge in [0, 0.05) is 5.56 Å². The lowest BCUT2D eigenvalue weighted by Gasteiger charge is -2.30. The highest BCUT2D eigenvalue weighted by atomic mass is 19.1. The predicted octanol–water partition coefficient (Wildman–Crippen LogP) is 4.54. The van der Waals surface area contributed by atoms with Crippen molar-refractivity contribution >= 4 is 0 Å². The first-order valence-electron chi connectivity index (χ1n) is 8.45. The SMILES string of the molecule is Cc1c(F)cccc1-c1ccc(CCCCN2CCC2)cc1O. The van der Waals surface area contributed by atoms with Crippen LogP contribution >= 0.6 is 0 Å². The maximum atomic E-state index is 13.7.